The van der Waals surface area contributed by atoms with E-state index in [1.807, 2.05) is 31.2 Å². The summed E-state index contributed by atoms with van der Waals surface area (Å²) in [6.07, 6.45) is 6.04. The average molecular weight is 607 g/mol. The Kier molecular flexibility index (Phi) is 7.70. The molecule has 2 aromatic carbocycles. The Balaban J connectivity index is 1.10. The first-order valence-electron chi connectivity index (χ1n) is 15.8. The Bertz CT molecular complexity index is 1930. The number of nitrogens with zero attached hydrogens (tertiary/aromatic N) is 2. The van der Waals surface area contributed by atoms with E-state index in [0.29, 0.717) is 41.5 Å². The number of benzene rings is 2. The maximum atomic E-state index is 13.6. The minimum atomic E-state index is -0.791. The van der Waals surface area contributed by atoms with Crippen LogP contribution in [-0.2, 0) is 16.0 Å². The normalized spacial score (nSPS) is 19.1. The van der Waals surface area contributed by atoms with Crippen molar-refractivity contribution in [1.82, 2.24) is 30.2 Å². The smallest absolute Gasteiger partial charge is 0.323 e. The molecule has 45 heavy (non-hydrogen) atoms. The first-order valence-corrected chi connectivity index (χ1v) is 15.8. The number of hydrogen-bond acceptors (Lipinski definition) is 6. The lowest BCUT2D eigenvalue weighted by Gasteiger charge is -2.28. The van der Waals surface area contributed by atoms with E-state index in [1.165, 1.54) is 12.8 Å². The van der Waals surface area contributed by atoms with Gasteiger partial charge in [0.15, 0.2) is 5.65 Å². The lowest BCUT2D eigenvalue weighted by molar-refractivity contribution is -0.130. The first kappa shape index (κ1) is 29.0. The minimum Gasteiger partial charge on any atom is -0.344 e. The van der Waals surface area contributed by atoms with Crippen molar-refractivity contribution in [2.24, 2.45) is 17.6 Å². The van der Waals surface area contributed by atoms with Gasteiger partial charge >= 0.3 is 5.69 Å². The zero-order chi connectivity index (χ0) is 31.1. The Labute approximate surface area is 259 Å². The number of anilines is 1. The largest absolute Gasteiger partial charge is 0.344 e. The number of rotatable bonds is 9. The lowest BCUT2D eigenvalue weighted by Crippen LogP contribution is -2.48. The van der Waals surface area contributed by atoms with Crippen molar-refractivity contribution >= 4 is 39.7 Å². The molecule has 11 heteroatoms. The van der Waals surface area contributed by atoms with E-state index >= 15 is 0 Å². The van der Waals surface area contributed by atoms with E-state index in [1.54, 1.807) is 18.2 Å². The molecule has 3 aromatic heterocycles. The van der Waals surface area contributed by atoms with Crippen molar-refractivity contribution < 1.29 is 9.59 Å². The minimum absolute atomic E-state index is 0.104. The third-order valence-corrected chi connectivity index (χ3v) is 9.32. The van der Waals surface area contributed by atoms with Crippen LogP contribution in [0.15, 0.2) is 53.3 Å². The average Bonchev–Trinajstić information content (AvgIpc) is 3.71. The highest BCUT2D eigenvalue weighted by Gasteiger charge is 2.30. The van der Waals surface area contributed by atoms with Gasteiger partial charge in [0.1, 0.15) is 17.4 Å². The molecule has 7 rings (SSSR count). The second-order valence-electron chi connectivity index (χ2n) is 12.6. The van der Waals surface area contributed by atoms with Gasteiger partial charge in [-0.2, -0.15) is 0 Å². The Morgan fingerprint density at radius 1 is 0.933 bits per heavy atom. The predicted molar refractivity (Wildman–Crippen MR) is 174 cm³/mol. The van der Waals surface area contributed by atoms with Crippen LogP contribution in [0.4, 0.5) is 5.69 Å². The van der Waals surface area contributed by atoms with Gasteiger partial charge in [-0.1, -0.05) is 24.3 Å². The molecule has 2 amide bonds. The number of carbonyl (C=O) groups is 2. The number of nitrogens with one attached hydrogen (secondary N) is 5. The topological polar surface area (TPSA) is 174 Å². The van der Waals surface area contributed by atoms with E-state index < -0.39 is 6.04 Å². The number of aromatic amines is 3. The first-order chi connectivity index (χ1) is 21.8. The van der Waals surface area contributed by atoms with E-state index in [9.17, 15) is 14.4 Å². The van der Waals surface area contributed by atoms with Gasteiger partial charge in [-0.15, -0.1) is 0 Å². The maximum absolute atomic E-state index is 13.6. The zero-order valence-corrected chi connectivity index (χ0v) is 25.3. The summed E-state index contributed by atoms with van der Waals surface area (Å²) in [6.45, 7) is 2.64. The van der Waals surface area contributed by atoms with Crippen LogP contribution in [0.3, 0.4) is 0 Å². The lowest BCUT2D eigenvalue weighted by atomic mass is 9.81. The fraction of sp³-hybridized carbons (Fsp3) is 0.382. The number of hydrogen-bond donors (Lipinski definition) is 6. The standard InChI is InChI=1S/C34H38N8O3/c1-18-25(16-28-31(36-18)42-30(38-28)22-10-11-22)21-6-2-19(3-7-21)14-29(39-32(43)23-8-4-20(17-35)5-9-23)33(44)37-24-12-13-26-27(15-24)41-34(45)40-26/h2-3,6-7,12-13,15-16,20,22-23,29H,4-5,8-11,14,17,35H2,1H3,(H,37,44)(H,39,43)(H,36,38,42)(H2,40,41,45)/t20-,23-,29-/m0/s1. The third kappa shape index (κ3) is 6.26. The summed E-state index contributed by atoms with van der Waals surface area (Å²) < 4.78 is 0. The molecule has 7 N–H and O–H groups in total. The van der Waals surface area contributed by atoms with Gasteiger partial charge in [0.2, 0.25) is 11.8 Å². The number of nitrogens with two attached hydrogens (primary N) is 1. The molecule has 0 aliphatic heterocycles. The summed E-state index contributed by atoms with van der Waals surface area (Å²) in [4.78, 5) is 57.1. The fourth-order valence-electron chi connectivity index (χ4n) is 6.45. The number of carbonyl (C=O) groups excluding carboxylic acids is 2. The number of pyridine rings is 1. The van der Waals surface area contributed by atoms with Crippen LogP contribution in [0.2, 0.25) is 0 Å². The van der Waals surface area contributed by atoms with Gasteiger partial charge in [-0.05, 0) is 93.3 Å². The molecule has 11 nitrogen and oxygen atoms in total. The quantitative estimate of drug-likeness (QED) is 0.145. The van der Waals surface area contributed by atoms with Crippen molar-refractivity contribution in [3.8, 4) is 11.1 Å². The molecule has 0 bridgehead atoms. The highest BCUT2D eigenvalue weighted by Crippen LogP contribution is 2.39. The molecule has 232 valence electrons. The van der Waals surface area contributed by atoms with Crippen molar-refractivity contribution in [3.05, 3.63) is 76.1 Å². The van der Waals surface area contributed by atoms with Gasteiger partial charge in [0.25, 0.3) is 0 Å². The predicted octanol–water partition coefficient (Wildman–Crippen LogP) is 4.41. The van der Waals surface area contributed by atoms with Crippen LogP contribution in [0.5, 0.6) is 0 Å². The van der Waals surface area contributed by atoms with Gasteiger partial charge in [-0.25, -0.2) is 14.8 Å². The molecule has 2 aliphatic rings. The number of amides is 2. The molecule has 0 spiro atoms. The Morgan fingerprint density at radius 2 is 1.69 bits per heavy atom. The second kappa shape index (κ2) is 12.0. The van der Waals surface area contributed by atoms with Gasteiger partial charge in [0.05, 0.1) is 11.0 Å². The van der Waals surface area contributed by atoms with E-state index in [2.05, 4.69) is 31.7 Å². The fourth-order valence-corrected chi connectivity index (χ4v) is 6.45. The summed E-state index contributed by atoms with van der Waals surface area (Å²) in [6, 6.07) is 14.5. The van der Waals surface area contributed by atoms with Crippen LogP contribution in [0.25, 0.3) is 33.3 Å². The molecule has 0 unspecified atom stereocenters. The Hall–Kier alpha value is -4.77. The van der Waals surface area contributed by atoms with Crippen LogP contribution in [-0.4, -0.2) is 49.3 Å². The maximum Gasteiger partial charge on any atom is 0.323 e. The van der Waals surface area contributed by atoms with Gasteiger partial charge in [-0.3, -0.25) is 9.59 Å². The number of H-pyrrole nitrogens is 3. The van der Waals surface area contributed by atoms with E-state index in [4.69, 9.17) is 15.7 Å². The second-order valence-corrected chi connectivity index (χ2v) is 12.6. The number of imidazole rings is 2. The Morgan fingerprint density at radius 3 is 2.42 bits per heavy atom. The third-order valence-electron chi connectivity index (χ3n) is 9.32. The van der Waals surface area contributed by atoms with E-state index in [0.717, 1.165) is 65.1 Å². The SMILES string of the molecule is Cc1nc2[nH]c(C3CC3)nc2cc1-c1ccc(C[C@H](NC(=O)[C@H]2CC[C@H](CN)CC2)C(=O)Nc2ccc3[nH]c(=O)[nH]c3c2)cc1. The monoisotopic (exact) mass is 606 g/mol. The molecule has 2 fully saturated rings. The van der Waals surface area contributed by atoms with Gasteiger partial charge in [0, 0.05) is 35.2 Å². The highest BCUT2D eigenvalue weighted by atomic mass is 16.2. The molecular weight excluding hydrogens is 568 g/mol. The molecule has 5 aromatic rings. The van der Waals surface area contributed by atoms with Crippen LogP contribution in [0, 0.1) is 18.8 Å². The molecule has 2 aliphatic carbocycles. The van der Waals surface area contributed by atoms with Crippen molar-refractivity contribution in [2.75, 3.05) is 11.9 Å². The van der Waals surface area contributed by atoms with Crippen LogP contribution >= 0.6 is 0 Å². The van der Waals surface area contributed by atoms with Crippen molar-refractivity contribution in [2.45, 2.75) is 63.8 Å². The van der Waals surface area contributed by atoms with Crippen molar-refractivity contribution in [3.63, 3.8) is 0 Å². The van der Waals surface area contributed by atoms with E-state index in [-0.39, 0.29) is 23.4 Å². The summed E-state index contributed by atoms with van der Waals surface area (Å²) in [7, 11) is 0. The molecule has 0 radical (unpaired) electrons. The van der Waals surface area contributed by atoms with Crippen LogP contribution in [0.1, 0.15) is 61.5 Å². The molecular formula is C34H38N8O3. The number of aryl methyl sites for hydroxylation is 1. The highest BCUT2D eigenvalue weighted by molar-refractivity contribution is 5.98. The van der Waals surface area contributed by atoms with Crippen molar-refractivity contribution in [1.29, 1.82) is 0 Å². The summed E-state index contributed by atoms with van der Waals surface area (Å²) in [5.74, 6) is 1.43. The van der Waals surface area contributed by atoms with Gasteiger partial charge < -0.3 is 31.3 Å². The van der Waals surface area contributed by atoms with Crippen LogP contribution < -0.4 is 22.1 Å². The number of aromatic nitrogens is 5. The molecule has 3 heterocycles. The molecule has 1 atom stereocenters. The molecule has 0 saturated heterocycles. The molecule has 2 saturated carbocycles. The summed E-state index contributed by atoms with van der Waals surface area (Å²) in [5, 5.41) is 5.99. The zero-order valence-electron chi connectivity index (χ0n) is 25.3. The number of fused-ring (bicyclic) bond motifs is 2. The summed E-state index contributed by atoms with van der Waals surface area (Å²) >= 11 is 0. The summed E-state index contributed by atoms with van der Waals surface area (Å²) in [5.41, 5.74) is 12.8.